The van der Waals surface area contributed by atoms with Gasteiger partial charge in [0.1, 0.15) is 0 Å². The number of fused-ring (bicyclic) bond motifs is 1. The van der Waals surface area contributed by atoms with Crippen molar-refractivity contribution in [3.63, 3.8) is 0 Å². The van der Waals surface area contributed by atoms with Crippen molar-refractivity contribution >= 4 is 23.7 Å². The average molecular weight is 444 g/mol. The summed E-state index contributed by atoms with van der Waals surface area (Å²) in [4.78, 5) is 7.11. The molecule has 2 aromatic carbocycles. The van der Waals surface area contributed by atoms with Crippen molar-refractivity contribution < 1.29 is 0 Å². The SMILES string of the molecule is Cc1ccc(-c2c(-c3ccc(C#N)cc3)cc3c(N4CCC(N)CC4)nccn23)cc1.Cl. The lowest BCUT2D eigenvalue weighted by Gasteiger charge is -2.31. The lowest BCUT2D eigenvalue weighted by atomic mass is 10.00. The number of benzene rings is 2. The van der Waals surface area contributed by atoms with E-state index in [9.17, 15) is 5.26 Å². The largest absolute Gasteiger partial charge is 0.355 e. The number of rotatable bonds is 3. The topological polar surface area (TPSA) is 70.3 Å². The van der Waals surface area contributed by atoms with Crippen molar-refractivity contribution in [1.29, 1.82) is 5.26 Å². The maximum absolute atomic E-state index is 9.19. The van der Waals surface area contributed by atoms with Crippen LogP contribution in [0.2, 0.25) is 0 Å². The maximum atomic E-state index is 9.19. The summed E-state index contributed by atoms with van der Waals surface area (Å²) in [5.41, 5.74) is 13.6. The van der Waals surface area contributed by atoms with Crippen LogP contribution in [0.1, 0.15) is 24.0 Å². The molecule has 0 saturated carbocycles. The highest BCUT2D eigenvalue weighted by Crippen LogP contribution is 2.38. The molecule has 5 nitrogen and oxygen atoms in total. The molecule has 4 aromatic rings. The molecule has 6 heteroatoms. The molecule has 32 heavy (non-hydrogen) atoms. The molecule has 1 aliphatic rings. The van der Waals surface area contributed by atoms with E-state index in [4.69, 9.17) is 10.7 Å². The fourth-order valence-electron chi connectivity index (χ4n) is 4.39. The average Bonchev–Trinajstić information content (AvgIpc) is 3.20. The summed E-state index contributed by atoms with van der Waals surface area (Å²) in [6.07, 6.45) is 5.89. The van der Waals surface area contributed by atoms with Crippen LogP contribution in [0.25, 0.3) is 27.9 Å². The molecule has 0 aliphatic carbocycles. The minimum absolute atomic E-state index is 0. The van der Waals surface area contributed by atoms with Crippen LogP contribution in [-0.2, 0) is 0 Å². The number of nitrogens with zero attached hydrogens (tertiary/aromatic N) is 4. The minimum atomic E-state index is 0. The third-order valence-corrected chi connectivity index (χ3v) is 6.17. The first-order valence-corrected chi connectivity index (χ1v) is 10.7. The molecule has 0 radical (unpaired) electrons. The van der Waals surface area contributed by atoms with Crippen LogP contribution < -0.4 is 10.6 Å². The van der Waals surface area contributed by atoms with Crippen molar-refractivity contribution in [2.24, 2.45) is 5.73 Å². The number of halogens is 1. The number of anilines is 1. The molecule has 0 bridgehead atoms. The molecule has 162 valence electrons. The first kappa shape index (κ1) is 21.9. The number of nitrogens with two attached hydrogens (primary N) is 1. The highest BCUT2D eigenvalue weighted by molar-refractivity contribution is 5.90. The minimum Gasteiger partial charge on any atom is -0.355 e. The Labute approximate surface area is 194 Å². The monoisotopic (exact) mass is 443 g/mol. The number of hydrogen-bond donors (Lipinski definition) is 1. The van der Waals surface area contributed by atoms with Gasteiger partial charge in [-0.15, -0.1) is 12.4 Å². The van der Waals surface area contributed by atoms with Gasteiger partial charge in [0.2, 0.25) is 0 Å². The number of aromatic nitrogens is 2. The van der Waals surface area contributed by atoms with Crippen molar-refractivity contribution in [2.75, 3.05) is 18.0 Å². The van der Waals surface area contributed by atoms with E-state index in [1.165, 1.54) is 5.56 Å². The van der Waals surface area contributed by atoms with Gasteiger partial charge in [-0.25, -0.2) is 4.98 Å². The van der Waals surface area contributed by atoms with Gasteiger partial charge in [0.15, 0.2) is 5.82 Å². The molecular formula is C26H26ClN5. The number of piperidine rings is 1. The first-order chi connectivity index (χ1) is 15.1. The van der Waals surface area contributed by atoms with Gasteiger partial charge in [-0.05, 0) is 49.1 Å². The Morgan fingerprint density at radius 1 is 1.00 bits per heavy atom. The van der Waals surface area contributed by atoms with Crippen LogP contribution in [0.15, 0.2) is 67.0 Å². The summed E-state index contributed by atoms with van der Waals surface area (Å²) >= 11 is 0. The zero-order valence-corrected chi connectivity index (χ0v) is 18.8. The molecule has 1 fully saturated rings. The Morgan fingerprint density at radius 2 is 1.66 bits per heavy atom. The smallest absolute Gasteiger partial charge is 0.152 e. The summed E-state index contributed by atoms with van der Waals surface area (Å²) in [5.74, 6) is 1.00. The van der Waals surface area contributed by atoms with Gasteiger partial charge >= 0.3 is 0 Å². The van der Waals surface area contributed by atoms with E-state index in [0.717, 1.165) is 59.7 Å². The van der Waals surface area contributed by atoms with Crippen LogP contribution in [0.3, 0.4) is 0 Å². The predicted molar refractivity (Wildman–Crippen MR) is 132 cm³/mol. The standard InChI is InChI=1S/C26H25N5.ClH/c1-18-2-6-21(7-3-18)25-23(20-8-4-19(17-27)5-9-20)16-24-26(29-12-15-31(24)25)30-13-10-22(28)11-14-30;/h2-9,12,15-16,22H,10-11,13-14,28H2,1H3;1H. The summed E-state index contributed by atoms with van der Waals surface area (Å²) < 4.78 is 2.25. The van der Waals surface area contributed by atoms with Gasteiger partial charge < -0.3 is 15.0 Å². The van der Waals surface area contributed by atoms with E-state index in [1.807, 2.05) is 36.7 Å². The Hall–Kier alpha value is -3.33. The van der Waals surface area contributed by atoms with E-state index < -0.39 is 0 Å². The molecule has 0 atom stereocenters. The first-order valence-electron chi connectivity index (χ1n) is 10.7. The Morgan fingerprint density at radius 3 is 2.31 bits per heavy atom. The summed E-state index contributed by atoms with van der Waals surface area (Å²) in [6, 6.07) is 21.2. The molecular weight excluding hydrogens is 418 g/mol. The van der Waals surface area contributed by atoms with Crippen molar-refractivity contribution in [3.05, 3.63) is 78.1 Å². The quantitative estimate of drug-likeness (QED) is 0.472. The van der Waals surface area contributed by atoms with Crippen molar-refractivity contribution in [2.45, 2.75) is 25.8 Å². The van der Waals surface area contributed by atoms with Crippen molar-refractivity contribution in [3.8, 4) is 28.5 Å². The molecule has 5 rings (SSSR count). The maximum Gasteiger partial charge on any atom is 0.152 e. The second-order valence-electron chi connectivity index (χ2n) is 8.29. The third-order valence-electron chi connectivity index (χ3n) is 6.17. The van der Waals surface area contributed by atoms with Gasteiger partial charge in [0.25, 0.3) is 0 Å². The molecule has 0 unspecified atom stereocenters. The molecule has 1 aliphatic heterocycles. The van der Waals surface area contributed by atoms with Crippen LogP contribution >= 0.6 is 12.4 Å². The van der Waals surface area contributed by atoms with Crippen LogP contribution in [-0.4, -0.2) is 28.5 Å². The molecule has 0 spiro atoms. The zero-order chi connectivity index (χ0) is 21.4. The lowest BCUT2D eigenvalue weighted by molar-refractivity contribution is 0.499. The van der Waals surface area contributed by atoms with Gasteiger partial charge in [-0.2, -0.15) is 5.26 Å². The number of nitriles is 1. The fourth-order valence-corrected chi connectivity index (χ4v) is 4.39. The predicted octanol–water partition coefficient (Wildman–Crippen LogP) is 5.20. The summed E-state index contributed by atoms with van der Waals surface area (Å²) in [6.45, 7) is 3.95. The van der Waals surface area contributed by atoms with Gasteiger partial charge in [0.05, 0.1) is 22.8 Å². The molecule has 1 saturated heterocycles. The number of aryl methyl sites for hydroxylation is 1. The number of hydrogen-bond acceptors (Lipinski definition) is 4. The van der Waals surface area contributed by atoms with E-state index in [1.54, 1.807) is 0 Å². The van der Waals surface area contributed by atoms with Crippen molar-refractivity contribution in [1.82, 2.24) is 9.38 Å². The highest BCUT2D eigenvalue weighted by Gasteiger charge is 2.22. The summed E-state index contributed by atoms with van der Waals surface area (Å²) in [7, 11) is 0. The molecule has 2 aromatic heterocycles. The van der Waals surface area contributed by atoms with E-state index in [0.29, 0.717) is 5.56 Å². The fraction of sp³-hybridized carbons (Fsp3) is 0.231. The van der Waals surface area contributed by atoms with E-state index in [-0.39, 0.29) is 18.4 Å². The zero-order valence-electron chi connectivity index (χ0n) is 18.0. The Bertz CT molecular complexity index is 1260. The summed E-state index contributed by atoms with van der Waals surface area (Å²) in [5, 5.41) is 9.19. The Kier molecular flexibility index (Phi) is 6.18. The normalized spacial score (nSPS) is 14.2. The van der Waals surface area contributed by atoms with E-state index in [2.05, 4.69) is 52.6 Å². The van der Waals surface area contributed by atoms with Crippen LogP contribution in [0.5, 0.6) is 0 Å². The van der Waals surface area contributed by atoms with E-state index >= 15 is 0 Å². The van der Waals surface area contributed by atoms with Gasteiger partial charge in [0, 0.05) is 37.1 Å². The Balaban J connectivity index is 0.00000245. The molecule has 0 amide bonds. The van der Waals surface area contributed by atoms with Gasteiger partial charge in [-0.1, -0.05) is 42.0 Å². The van der Waals surface area contributed by atoms with Crippen LogP contribution in [0.4, 0.5) is 5.82 Å². The molecule has 3 heterocycles. The van der Waals surface area contributed by atoms with Gasteiger partial charge in [-0.3, -0.25) is 0 Å². The molecule has 2 N–H and O–H groups in total. The lowest BCUT2D eigenvalue weighted by Crippen LogP contribution is -2.40. The highest BCUT2D eigenvalue weighted by atomic mass is 35.5. The second-order valence-corrected chi connectivity index (χ2v) is 8.29. The third kappa shape index (κ3) is 3.95. The second kappa shape index (κ2) is 9.04. The van der Waals surface area contributed by atoms with Crippen LogP contribution in [0, 0.1) is 18.3 Å².